The first-order valence-corrected chi connectivity index (χ1v) is 2.90. The summed E-state index contributed by atoms with van der Waals surface area (Å²) in [4.78, 5) is 0. The van der Waals surface area contributed by atoms with Crippen LogP contribution in [0.3, 0.4) is 0 Å². The minimum atomic E-state index is 1.46. The van der Waals surface area contributed by atoms with Crippen LogP contribution in [0.2, 0.25) is 0 Å². The first-order valence-electron chi connectivity index (χ1n) is 2.90. The van der Waals surface area contributed by atoms with Gasteiger partial charge in [-0.15, -0.1) is 0 Å². The number of hydrogen-bond donors (Lipinski definition) is 0. The van der Waals surface area contributed by atoms with Crippen molar-refractivity contribution in [2.24, 2.45) is 0 Å². The van der Waals surface area contributed by atoms with Gasteiger partial charge in [-0.05, 0) is 35.4 Å². The maximum atomic E-state index is 2.22. The summed E-state index contributed by atoms with van der Waals surface area (Å²) in [5.74, 6) is 0. The van der Waals surface area contributed by atoms with Gasteiger partial charge in [-0.2, -0.15) is 0 Å². The molecular formula is C8H8. The third kappa shape index (κ3) is 0.252. The molecule has 0 radical (unpaired) electrons. The van der Waals surface area contributed by atoms with E-state index in [9.17, 15) is 0 Å². The lowest BCUT2D eigenvalue weighted by Gasteiger charge is -2.10. The predicted molar refractivity (Wildman–Crippen MR) is 33.6 cm³/mol. The van der Waals surface area contributed by atoms with Crippen LogP contribution in [-0.2, 0) is 0 Å². The van der Waals surface area contributed by atoms with E-state index in [1.807, 2.05) is 0 Å². The molecule has 0 aromatic rings. The third-order valence-electron chi connectivity index (χ3n) is 1.82. The highest BCUT2D eigenvalue weighted by molar-refractivity contribution is 5.38. The molecule has 2 aliphatic rings. The van der Waals surface area contributed by atoms with Gasteiger partial charge < -0.3 is 0 Å². The van der Waals surface area contributed by atoms with Gasteiger partial charge in [0.15, 0.2) is 0 Å². The summed E-state index contributed by atoms with van der Waals surface area (Å²) in [5, 5.41) is 2.98. The lowest BCUT2D eigenvalue weighted by atomic mass is 9.95. The Hall–Kier alpha value is -0.780. The quantitative estimate of drug-likeness (QED) is 0.479. The standard InChI is InChI=1S/C8H8/c1-5-3-7-4-6(2)8(5)7/h3-4H,1-2H3. The molecular weight excluding hydrogens is 96.1 g/mol. The molecule has 0 fully saturated rings. The maximum Gasteiger partial charge on any atom is -0.0125 e. The van der Waals surface area contributed by atoms with E-state index < -0.39 is 0 Å². The fraction of sp³-hybridized carbons (Fsp3) is 0.250. The van der Waals surface area contributed by atoms with Gasteiger partial charge in [0.1, 0.15) is 0 Å². The summed E-state index contributed by atoms with van der Waals surface area (Å²) in [7, 11) is 0. The average Bonchev–Trinajstić information content (AvgIpc) is 1.63. The Morgan fingerprint density at radius 3 is 1.62 bits per heavy atom. The first kappa shape index (κ1) is 4.13. The molecule has 0 heterocycles. The van der Waals surface area contributed by atoms with Gasteiger partial charge in [0, 0.05) is 0 Å². The van der Waals surface area contributed by atoms with E-state index in [0.717, 1.165) is 0 Å². The summed E-state index contributed by atoms with van der Waals surface area (Å²) in [6.07, 6.45) is 0. The molecule has 0 bridgehead atoms. The lowest BCUT2D eigenvalue weighted by molar-refractivity contribution is 1.19. The molecule has 0 atom stereocenters. The molecule has 0 amide bonds. The van der Waals surface area contributed by atoms with E-state index >= 15 is 0 Å². The molecule has 0 saturated carbocycles. The van der Waals surface area contributed by atoms with Crippen LogP contribution >= 0.6 is 0 Å². The number of hydrogen-bond acceptors (Lipinski definition) is 0. The van der Waals surface area contributed by atoms with E-state index in [-0.39, 0.29) is 0 Å². The highest BCUT2D eigenvalue weighted by Crippen LogP contribution is 2.19. The Bertz CT molecular complexity index is 291. The molecule has 8 heavy (non-hydrogen) atoms. The van der Waals surface area contributed by atoms with Crippen molar-refractivity contribution in [3.05, 3.63) is 33.7 Å². The van der Waals surface area contributed by atoms with Crippen molar-refractivity contribution in [1.82, 2.24) is 0 Å². The monoisotopic (exact) mass is 104 g/mol. The van der Waals surface area contributed by atoms with E-state index in [1.165, 1.54) is 21.6 Å². The van der Waals surface area contributed by atoms with Gasteiger partial charge in [0.25, 0.3) is 0 Å². The number of rotatable bonds is 0. The zero-order valence-electron chi connectivity index (χ0n) is 5.15. The average molecular weight is 104 g/mol. The van der Waals surface area contributed by atoms with E-state index in [2.05, 4.69) is 26.0 Å². The van der Waals surface area contributed by atoms with Crippen molar-refractivity contribution in [1.29, 1.82) is 0 Å². The van der Waals surface area contributed by atoms with Crippen molar-refractivity contribution in [3.63, 3.8) is 0 Å². The maximum absolute atomic E-state index is 2.22. The molecule has 0 aromatic heterocycles. The lowest BCUT2D eigenvalue weighted by Crippen LogP contribution is -1.95. The Labute approximate surface area is 48.5 Å². The summed E-state index contributed by atoms with van der Waals surface area (Å²) < 4.78 is 0. The predicted octanol–water partition coefficient (Wildman–Crippen LogP) is 1.90. The second-order valence-electron chi connectivity index (χ2n) is 2.49. The van der Waals surface area contributed by atoms with Gasteiger partial charge in [0.2, 0.25) is 0 Å². The minimum absolute atomic E-state index is 1.46. The molecule has 0 unspecified atom stereocenters. The van der Waals surface area contributed by atoms with Gasteiger partial charge in [-0.25, -0.2) is 0 Å². The van der Waals surface area contributed by atoms with Crippen molar-refractivity contribution in [2.45, 2.75) is 13.8 Å². The van der Waals surface area contributed by atoms with Crippen LogP contribution in [0.1, 0.15) is 11.1 Å². The molecule has 0 aliphatic heterocycles. The fourth-order valence-electron chi connectivity index (χ4n) is 1.41. The Balaban J connectivity index is 2.90. The van der Waals surface area contributed by atoms with Crippen LogP contribution in [0.5, 0.6) is 0 Å². The van der Waals surface area contributed by atoms with Crippen molar-refractivity contribution in [3.8, 4) is 0 Å². The number of aryl methyl sites for hydroxylation is 2. The molecule has 0 aromatic carbocycles. The highest BCUT2D eigenvalue weighted by Gasteiger charge is 2.04. The van der Waals surface area contributed by atoms with Gasteiger partial charge in [0.05, 0.1) is 0 Å². The van der Waals surface area contributed by atoms with E-state index in [1.54, 1.807) is 0 Å². The smallest absolute Gasteiger partial charge is 0.0125 e. The van der Waals surface area contributed by atoms with Gasteiger partial charge in [-0.3, -0.25) is 0 Å². The van der Waals surface area contributed by atoms with Crippen LogP contribution in [0, 0.1) is 24.3 Å². The summed E-state index contributed by atoms with van der Waals surface area (Å²) >= 11 is 0. The summed E-state index contributed by atoms with van der Waals surface area (Å²) in [6, 6.07) is 4.45. The Morgan fingerprint density at radius 1 is 1.00 bits per heavy atom. The molecule has 0 nitrogen and oxygen atoms in total. The van der Waals surface area contributed by atoms with E-state index in [0.29, 0.717) is 0 Å². The van der Waals surface area contributed by atoms with Gasteiger partial charge >= 0.3 is 0 Å². The van der Waals surface area contributed by atoms with Crippen LogP contribution in [0.4, 0.5) is 0 Å². The van der Waals surface area contributed by atoms with Crippen molar-refractivity contribution >= 4 is 0 Å². The van der Waals surface area contributed by atoms with Crippen molar-refractivity contribution < 1.29 is 0 Å². The molecule has 0 heteroatoms. The minimum Gasteiger partial charge on any atom is -0.0508 e. The molecule has 2 rings (SSSR count). The SMILES string of the molecule is Cc1cc2cc(C)c1=2. The van der Waals surface area contributed by atoms with Crippen molar-refractivity contribution in [2.75, 3.05) is 0 Å². The Morgan fingerprint density at radius 2 is 1.50 bits per heavy atom. The zero-order valence-corrected chi connectivity index (χ0v) is 5.15. The third-order valence-corrected chi connectivity index (χ3v) is 1.82. The van der Waals surface area contributed by atoms with Gasteiger partial charge in [-0.1, -0.05) is 12.1 Å². The van der Waals surface area contributed by atoms with Crippen LogP contribution in [0.15, 0.2) is 12.1 Å². The highest BCUT2D eigenvalue weighted by atomic mass is 14.1. The zero-order chi connectivity index (χ0) is 5.72. The van der Waals surface area contributed by atoms with E-state index in [4.69, 9.17) is 0 Å². The topological polar surface area (TPSA) is 0 Å². The fourth-order valence-corrected chi connectivity index (χ4v) is 1.41. The normalized spacial score (nSPS) is 11.8. The molecule has 0 spiro atoms. The summed E-state index contributed by atoms with van der Waals surface area (Å²) in [6.45, 7) is 4.32. The molecule has 40 valence electrons. The van der Waals surface area contributed by atoms with Crippen LogP contribution in [0.25, 0.3) is 0 Å². The van der Waals surface area contributed by atoms with Crippen LogP contribution in [-0.4, -0.2) is 0 Å². The summed E-state index contributed by atoms with van der Waals surface area (Å²) in [5.41, 5.74) is 2.92. The first-order chi connectivity index (χ1) is 3.79. The second kappa shape index (κ2) is 0.970. The van der Waals surface area contributed by atoms with Crippen LogP contribution < -0.4 is 0 Å². The Kier molecular flexibility index (Phi) is 0.501. The second-order valence-corrected chi connectivity index (χ2v) is 2.49. The largest absolute Gasteiger partial charge is 0.0508 e. The molecule has 0 N–H and O–H groups in total. The number of benzene rings is 1. The molecule has 0 saturated heterocycles. The molecule has 2 aliphatic carbocycles.